The SMILES string of the molecule is COc1ccc(C2CC(=O)NC(SCC(=O)Nc3ccc(I)cc3)=C2C#N)cc1. The first-order valence-corrected chi connectivity index (χ1v) is 10.8. The zero-order valence-corrected chi connectivity index (χ0v) is 18.5. The zero-order chi connectivity index (χ0) is 20.8. The van der Waals surface area contributed by atoms with E-state index in [4.69, 9.17) is 4.74 Å². The first-order valence-electron chi connectivity index (χ1n) is 8.76. The number of carbonyl (C=O) groups excluding carboxylic acids is 2. The number of hydrogen-bond donors (Lipinski definition) is 2. The van der Waals surface area contributed by atoms with Crippen LogP contribution in [0.3, 0.4) is 0 Å². The first-order chi connectivity index (χ1) is 14.0. The molecule has 0 aromatic heterocycles. The number of hydrogen-bond acceptors (Lipinski definition) is 5. The van der Waals surface area contributed by atoms with Crippen LogP contribution >= 0.6 is 34.4 Å². The van der Waals surface area contributed by atoms with E-state index in [0.29, 0.717) is 22.0 Å². The van der Waals surface area contributed by atoms with Crippen LogP contribution in [0.15, 0.2) is 59.1 Å². The Morgan fingerprint density at radius 1 is 1.28 bits per heavy atom. The number of thioether (sulfide) groups is 1. The number of benzene rings is 2. The van der Waals surface area contributed by atoms with E-state index < -0.39 is 0 Å². The maximum absolute atomic E-state index is 12.3. The summed E-state index contributed by atoms with van der Waals surface area (Å²) in [5.74, 6) is 0.0641. The van der Waals surface area contributed by atoms with Gasteiger partial charge in [-0.25, -0.2) is 0 Å². The molecule has 8 heteroatoms. The Balaban J connectivity index is 1.73. The van der Waals surface area contributed by atoms with Gasteiger partial charge in [0.15, 0.2) is 0 Å². The minimum absolute atomic E-state index is 0.0854. The summed E-state index contributed by atoms with van der Waals surface area (Å²) in [5, 5.41) is 15.7. The highest BCUT2D eigenvalue weighted by atomic mass is 127. The average Bonchev–Trinajstić information content (AvgIpc) is 2.73. The predicted molar refractivity (Wildman–Crippen MR) is 121 cm³/mol. The summed E-state index contributed by atoms with van der Waals surface area (Å²) in [5.41, 5.74) is 2.02. The van der Waals surface area contributed by atoms with Gasteiger partial charge in [0.1, 0.15) is 5.75 Å². The predicted octanol–water partition coefficient (Wildman–Crippen LogP) is 4.01. The van der Waals surface area contributed by atoms with Gasteiger partial charge in [-0.05, 0) is 64.6 Å². The molecule has 0 radical (unpaired) electrons. The number of nitriles is 1. The fourth-order valence-electron chi connectivity index (χ4n) is 2.92. The van der Waals surface area contributed by atoms with Crippen LogP contribution in [0.5, 0.6) is 5.75 Å². The van der Waals surface area contributed by atoms with E-state index in [1.165, 1.54) is 0 Å². The van der Waals surface area contributed by atoms with Gasteiger partial charge in [-0.2, -0.15) is 5.26 Å². The molecule has 6 nitrogen and oxygen atoms in total. The van der Waals surface area contributed by atoms with E-state index in [1.54, 1.807) is 19.2 Å². The molecular weight excluding hydrogens is 501 g/mol. The zero-order valence-electron chi connectivity index (χ0n) is 15.6. The van der Waals surface area contributed by atoms with Gasteiger partial charge in [-0.1, -0.05) is 23.9 Å². The van der Waals surface area contributed by atoms with Crippen molar-refractivity contribution in [3.8, 4) is 11.8 Å². The molecule has 1 atom stereocenters. The molecular formula is C21H18IN3O3S. The van der Waals surface area contributed by atoms with Crippen molar-refractivity contribution >= 4 is 51.9 Å². The summed E-state index contributed by atoms with van der Waals surface area (Å²) in [4.78, 5) is 24.5. The molecule has 0 saturated heterocycles. The van der Waals surface area contributed by atoms with Crippen molar-refractivity contribution in [2.24, 2.45) is 0 Å². The number of allylic oxidation sites excluding steroid dienone is 1. The van der Waals surface area contributed by atoms with E-state index in [1.807, 2.05) is 36.4 Å². The number of halogens is 1. The Labute approximate surface area is 186 Å². The Kier molecular flexibility index (Phi) is 7.17. The summed E-state index contributed by atoms with van der Waals surface area (Å²) >= 11 is 3.35. The maximum Gasteiger partial charge on any atom is 0.234 e. The molecule has 1 aliphatic rings. The second kappa shape index (κ2) is 9.80. The average molecular weight is 519 g/mol. The van der Waals surface area contributed by atoms with Gasteiger partial charge in [0.05, 0.1) is 29.5 Å². The van der Waals surface area contributed by atoms with Crippen LogP contribution in [-0.2, 0) is 9.59 Å². The molecule has 29 heavy (non-hydrogen) atoms. The third-order valence-electron chi connectivity index (χ3n) is 4.35. The number of rotatable bonds is 6. The number of ether oxygens (including phenoxy) is 1. The third kappa shape index (κ3) is 5.52. The van der Waals surface area contributed by atoms with Crippen molar-refractivity contribution in [1.82, 2.24) is 5.32 Å². The monoisotopic (exact) mass is 519 g/mol. The molecule has 1 aliphatic heterocycles. The molecule has 2 N–H and O–H groups in total. The van der Waals surface area contributed by atoms with Crippen molar-refractivity contribution in [1.29, 1.82) is 5.26 Å². The van der Waals surface area contributed by atoms with Crippen LogP contribution in [-0.4, -0.2) is 24.7 Å². The fraction of sp³-hybridized carbons (Fsp3) is 0.190. The summed E-state index contributed by atoms with van der Waals surface area (Å²) in [7, 11) is 1.58. The van der Waals surface area contributed by atoms with Gasteiger partial charge in [0.2, 0.25) is 11.8 Å². The first kappa shape index (κ1) is 21.2. The van der Waals surface area contributed by atoms with E-state index in [-0.39, 0.29) is 29.9 Å². The standard InChI is InChI=1S/C21H18IN3O3S/c1-28-16-8-2-13(3-9-16)17-10-19(26)25-21(18(17)11-23)29-12-20(27)24-15-6-4-14(22)5-7-15/h2-9,17H,10,12H2,1H3,(H,24,27)(H,25,26). The lowest BCUT2D eigenvalue weighted by Crippen LogP contribution is -2.31. The van der Waals surface area contributed by atoms with Crippen molar-refractivity contribution in [2.45, 2.75) is 12.3 Å². The quantitative estimate of drug-likeness (QED) is 0.563. The van der Waals surface area contributed by atoms with E-state index in [9.17, 15) is 14.9 Å². The van der Waals surface area contributed by atoms with Crippen molar-refractivity contribution < 1.29 is 14.3 Å². The van der Waals surface area contributed by atoms with E-state index >= 15 is 0 Å². The lowest BCUT2D eigenvalue weighted by molar-refractivity contribution is -0.121. The number of methoxy groups -OCH3 is 1. The normalized spacial score (nSPS) is 16.0. The fourth-order valence-corrected chi connectivity index (χ4v) is 4.16. The molecule has 148 valence electrons. The van der Waals surface area contributed by atoms with Crippen LogP contribution in [0.1, 0.15) is 17.9 Å². The van der Waals surface area contributed by atoms with Gasteiger partial charge < -0.3 is 15.4 Å². The molecule has 3 rings (SSSR count). The van der Waals surface area contributed by atoms with Gasteiger partial charge in [0.25, 0.3) is 0 Å². The topological polar surface area (TPSA) is 91.2 Å². The molecule has 0 fully saturated rings. The molecule has 0 bridgehead atoms. The highest BCUT2D eigenvalue weighted by molar-refractivity contribution is 14.1. The van der Waals surface area contributed by atoms with Gasteiger partial charge in [0, 0.05) is 21.6 Å². The Hall–Kier alpha value is -2.51. The molecule has 0 spiro atoms. The molecule has 0 aliphatic carbocycles. The van der Waals surface area contributed by atoms with Crippen molar-refractivity contribution in [3.63, 3.8) is 0 Å². The van der Waals surface area contributed by atoms with Crippen molar-refractivity contribution in [3.05, 3.63) is 68.3 Å². The molecule has 1 heterocycles. The minimum Gasteiger partial charge on any atom is -0.497 e. The van der Waals surface area contributed by atoms with Crippen LogP contribution in [0.4, 0.5) is 5.69 Å². The van der Waals surface area contributed by atoms with Crippen LogP contribution in [0.25, 0.3) is 0 Å². The summed E-state index contributed by atoms with van der Waals surface area (Å²) in [6.07, 6.45) is 0.189. The number of nitrogens with zero attached hydrogens (tertiary/aromatic N) is 1. The molecule has 2 aromatic carbocycles. The molecule has 1 unspecified atom stereocenters. The summed E-state index contributed by atoms with van der Waals surface area (Å²) in [6.45, 7) is 0. The second-order valence-corrected chi connectivity index (χ2v) is 8.51. The highest BCUT2D eigenvalue weighted by Crippen LogP contribution is 2.36. The molecule has 2 aromatic rings. The largest absolute Gasteiger partial charge is 0.497 e. The lowest BCUT2D eigenvalue weighted by atomic mass is 9.87. The Morgan fingerprint density at radius 2 is 1.97 bits per heavy atom. The highest BCUT2D eigenvalue weighted by Gasteiger charge is 2.29. The Morgan fingerprint density at radius 3 is 2.59 bits per heavy atom. The lowest BCUT2D eigenvalue weighted by Gasteiger charge is -2.25. The smallest absolute Gasteiger partial charge is 0.234 e. The van der Waals surface area contributed by atoms with Crippen LogP contribution < -0.4 is 15.4 Å². The Bertz CT molecular complexity index is 982. The van der Waals surface area contributed by atoms with Gasteiger partial charge >= 0.3 is 0 Å². The number of carbonyl (C=O) groups is 2. The molecule has 0 saturated carbocycles. The number of anilines is 1. The minimum atomic E-state index is -0.346. The maximum atomic E-state index is 12.3. The summed E-state index contributed by atoms with van der Waals surface area (Å²) < 4.78 is 6.24. The number of amides is 2. The van der Waals surface area contributed by atoms with Crippen LogP contribution in [0.2, 0.25) is 0 Å². The summed E-state index contributed by atoms with van der Waals surface area (Å²) in [6, 6.07) is 17.0. The van der Waals surface area contributed by atoms with E-state index in [2.05, 4.69) is 39.3 Å². The second-order valence-electron chi connectivity index (χ2n) is 6.28. The molecule has 2 amide bonds. The van der Waals surface area contributed by atoms with Gasteiger partial charge in [-0.3, -0.25) is 9.59 Å². The third-order valence-corrected chi connectivity index (χ3v) is 6.09. The van der Waals surface area contributed by atoms with E-state index in [0.717, 1.165) is 20.9 Å². The number of nitrogens with one attached hydrogen (secondary N) is 2. The van der Waals surface area contributed by atoms with Gasteiger partial charge in [-0.15, -0.1) is 0 Å². The van der Waals surface area contributed by atoms with Crippen molar-refractivity contribution in [2.75, 3.05) is 18.2 Å². The van der Waals surface area contributed by atoms with Crippen LogP contribution in [0, 0.1) is 14.9 Å².